The molecule has 2 nitrogen and oxygen atoms in total. The van der Waals surface area contributed by atoms with E-state index in [9.17, 15) is 0 Å². The van der Waals surface area contributed by atoms with Gasteiger partial charge in [-0.3, -0.25) is 0 Å². The molecule has 1 N–H and O–H groups in total. The molecule has 19 heavy (non-hydrogen) atoms. The van der Waals surface area contributed by atoms with Gasteiger partial charge in [-0.25, -0.2) is 0 Å². The Morgan fingerprint density at radius 2 is 1.63 bits per heavy atom. The van der Waals surface area contributed by atoms with Gasteiger partial charge < -0.3 is 10.1 Å². The second-order valence-corrected chi connectivity index (χ2v) is 6.22. The van der Waals surface area contributed by atoms with Gasteiger partial charge in [-0.2, -0.15) is 0 Å². The van der Waals surface area contributed by atoms with Gasteiger partial charge in [0.25, 0.3) is 0 Å². The molecule has 0 radical (unpaired) electrons. The lowest BCUT2D eigenvalue weighted by atomic mass is 10.0. The second kappa shape index (κ2) is 10.7. The smallest absolute Gasteiger partial charge is 0.0586 e. The average Bonchev–Trinajstić information content (AvgIpc) is 2.87. The van der Waals surface area contributed by atoms with Gasteiger partial charge >= 0.3 is 0 Å². The van der Waals surface area contributed by atoms with Gasteiger partial charge in [-0.05, 0) is 32.1 Å². The van der Waals surface area contributed by atoms with Crippen LogP contribution in [0.4, 0.5) is 0 Å². The van der Waals surface area contributed by atoms with Gasteiger partial charge in [0.15, 0.2) is 0 Å². The summed E-state index contributed by atoms with van der Waals surface area (Å²) in [6.07, 6.45) is 15.2. The Morgan fingerprint density at radius 1 is 1.00 bits per heavy atom. The molecule has 114 valence electrons. The third kappa shape index (κ3) is 7.31. The van der Waals surface area contributed by atoms with Crippen molar-refractivity contribution in [3.63, 3.8) is 0 Å². The Balaban J connectivity index is 2.26. The molecular formula is C17H35NO. The molecule has 0 bridgehead atoms. The highest BCUT2D eigenvalue weighted by molar-refractivity contribution is 4.84. The van der Waals surface area contributed by atoms with E-state index in [-0.39, 0.29) is 0 Å². The van der Waals surface area contributed by atoms with Crippen LogP contribution in [-0.2, 0) is 4.74 Å². The van der Waals surface area contributed by atoms with Crippen molar-refractivity contribution in [2.45, 2.75) is 103 Å². The molecular weight excluding hydrogens is 234 g/mol. The fourth-order valence-corrected chi connectivity index (χ4v) is 3.23. The summed E-state index contributed by atoms with van der Waals surface area (Å²) in [6.45, 7) is 4.58. The number of hydrogen-bond donors (Lipinski definition) is 1. The van der Waals surface area contributed by atoms with Crippen molar-refractivity contribution in [3.8, 4) is 0 Å². The highest BCUT2D eigenvalue weighted by atomic mass is 16.5. The highest BCUT2D eigenvalue weighted by Crippen LogP contribution is 2.23. The summed E-state index contributed by atoms with van der Waals surface area (Å²) in [7, 11) is 1.85. The summed E-state index contributed by atoms with van der Waals surface area (Å²) in [4.78, 5) is 0. The molecule has 1 fully saturated rings. The summed E-state index contributed by atoms with van der Waals surface area (Å²) in [6, 6.07) is 1.46. The van der Waals surface area contributed by atoms with Gasteiger partial charge in [0.2, 0.25) is 0 Å². The third-order valence-electron chi connectivity index (χ3n) is 4.50. The molecule has 0 aromatic heterocycles. The van der Waals surface area contributed by atoms with Crippen LogP contribution in [0.15, 0.2) is 0 Å². The van der Waals surface area contributed by atoms with Crippen LogP contribution in [0.1, 0.15) is 84.5 Å². The minimum absolute atomic E-state index is 0.504. The fourth-order valence-electron chi connectivity index (χ4n) is 3.23. The summed E-state index contributed by atoms with van der Waals surface area (Å²) in [5.74, 6) is 0. The molecule has 1 saturated carbocycles. The maximum atomic E-state index is 5.48. The van der Waals surface area contributed by atoms with E-state index < -0.39 is 0 Å². The average molecular weight is 269 g/mol. The van der Waals surface area contributed by atoms with Crippen molar-refractivity contribution < 1.29 is 4.74 Å². The van der Waals surface area contributed by atoms with Gasteiger partial charge in [-0.1, -0.05) is 52.4 Å². The Labute approximate surface area is 120 Å². The van der Waals surface area contributed by atoms with E-state index in [1.54, 1.807) is 0 Å². The molecule has 1 aliphatic rings. The lowest BCUT2D eigenvalue weighted by molar-refractivity contribution is 0.106. The Hall–Kier alpha value is -0.0800. The molecule has 0 aliphatic heterocycles. The zero-order chi connectivity index (χ0) is 13.9. The van der Waals surface area contributed by atoms with Gasteiger partial charge in [0, 0.05) is 19.2 Å². The van der Waals surface area contributed by atoms with E-state index >= 15 is 0 Å². The molecule has 0 spiro atoms. The summed E-state index contributed by atoms with van der Waals surface area (Å²) >= 11 is 0. The molecule has 0 saturated heterocycles. The van der Waals surface area contributed by atoms with Crippen LogP contribution in [0.3, 0.4) is 0 Å². The maximum Gasteiger partial charge on any atom is 0.0586 e. The van der Waals surface area contributed by atoms with Crippen molar-refractivity contribution in [1.29, 1.82) is 0 Å². The SMILES string of the molecule is CCCCCC(CCCCC)NC1CCC(OC)C1. The number of methoxy groups -OCH3 is 1. The van der Waals surface area contributed by atoms with E-state index in [1.807, 2.05) is 7.11 Å². The van der Waals surface area contributed by atoms with Crippen molar-refractivity contribution in [3.05, 3.63) is 0 Å². The summed E-state index contributed by atoms with van der Waals surface area (Å²) in [5, 5.41) is 3.92. The first kappa shape index (κ1) is 17.0. The molecule has 0 heterocycles. The van der Waals surface area contributed by atoms with Crippen LogP contribution in [0, 0.1) is 0 Å². The van der Waals surface area contributed by atoms with Crippen LogP contribution < -0.4 is 5.32 Å². The largest absolute Gasteiger partial charge is 0.381 e. The summed E-state index contributed by atoms with van der Waals surface area (Å²) < 4.78 is 5.48. The first-order valence-corrected chi connectivity index (χ1v) is 8.59. The van der Waals surface area contributed by atoms with Crippen LogP contribution in [0.5, 0.6) is 0 Å². The minimum Gasteiger partial charge on any atom is -0.381 e. The normalized spacial score (nSPS) is 23.4. The summed E-state index contributed by atoms with van der Waals surface area (Å²) in [5.41, 5.74) is 0. The van der Waals surface area contributed by atoms with E-state index in [4.69, 9.17) is 4.74 Å². The zero-order valence-corrected chi connectivity index (χ0v) is 13.4. The number of unbranched alkanes of at least 4 members (excludes halogenated alkanes) is 4. The van der Waals surface area contributed by atoms with Crippen molar-refractivity contribution in [2.75, 3.05) is 7.11 Å². The topological polar surface area (TPSA) is 21.3 Å². The van der Waals surface area contributed by atoms with Crippen molar-refractivity contribution in [1.82, 2.24) is 5.32 Å². The molecule has 1 aliphatic carbocycles. The van der Waals surface area contributed by atoms with Crippen LogP contribution in [0.2, 0.25) is 0 Å². The lowest BCUT2D eigenvalue weighted by Gasteiger charge is -2.23. The van der Waals surface area contributed by atoms with Crippen molar-refractivity contribution in [2.24, 2.45) is 0 Å². The van der Waals surface area contributed by atoms with Gasteiger partial charge in [0.05, 0.1) is 6.10 Å². The predicted molar refractivity (Wildman–Crippen MR) is 83.6 cm³/mol. The monoisotopic (exact) mass is 269 g/mol. The van der Waals surface area contributed by atoms with E-state index in [2.05, 4.69) is 19.2 Å². The van der Waals surface area contributed by atoms with Crippen LogP contribution in [-0.4, -0.2) is 25.3 Å². The Bertz CT molecular complexity index is 197. The molecule has 1 rings (SSSR count). The quantitative estimate of drug-likeness (QED) is 0.550. The van der Waals surface area contributed by atoms with E-state index in [0.717, 1.165) is 6.04 Å². The number of ether oxygens (including phenoxy) is 1. The molecule has 2 atom stereocenters. The minimum atomic E-state index is 0.504. The number of rotatable bonds is 11. The first-order valence-electron chi connectivity index (χ1n) is 8.59. The Morgan fingerprint density at radius 3 is 2.11 bits per heavy atom. The maximum absolute atomic E-state index is 5.48. The van der Waals surface area contributed by atoms with E-state index in [0.29, 0.717) is 12.1 Å². The molecule has 2 heteroatoms. The molecule has 0 aromatic carbocycles. The molecule has 2 unspecified atom stereocenters. The van der Waals surface area contributed by atoms with E-state index in [1.165, 1.54) is 70.6 Å². The Kier molecular flexibility index (Phi) is 9.54. The van der Waals surface area contributed by atoms with Crippen LogP contribution in [0.25, 0.3) is 0 Å². The zero-order valence-electron chi connectivity index (χ0n) is 13.4. The molecule has 0 amide bonds. The first-order chi connectivity index (χ1) is 9.30. The number of nitrogens with one attached hydrogen (secondary N) is 1. The highest BCUT2D eigenvalue weighted by Gasteiger charge is 2.25. The molecule has 0 aromatic rings. The third-order valence-corrected chi connectivity index (χ3v) is 4.50. The lowest BCUT2D eigenvalue weighted by Crippen LogP contribution is -2.37. The predicted octanol–water partition coefficient (Wildman–Crippen LogP) is 4.67. The van der Waals surface area contributed by atoms with Crippen LogP contribution >= 0.6 is 0 Å². The fraction of sp³-hybridized carbons (Fsp3) is 1.00. The standard InChI is InChI=1S/C17H35NO/c1-4-6-8-10-15(11-9-7-5-2)18-16-12-13-17(14-16)19-3/h15-18H,4-14H2,1-3H3. The van der Waals surface area contributed by atoms with Gasteiger partial charge in [0.1, 0.15) is 0 Å². The van der Waals surface area contributed by atoms with Crippen molar-refractivity contribution >= 4 is 0 Å². The van der Waals surface area contributed by atoms with Gasteiger partial charge in [-0.15, -0.1) is 0 Å². The number of hydrogen-bond acceptors (Lipinski definition) is 2. The second-order valence-electron chi connectivity index (χ2n) is 6.22.